The highest BCUT2D eigenvalue weighted by molar-refractivity contribution is 6.30. The minimum atomic E-state index is -4.64. The first-order valence-corrected chi connectivity index (χ1v) is 8.70. The van der Waals surface area contributed by atoms with Crippen LogP contribution in [0.25, 0.3) is 0 Å². The van der Waals surface area contributed by atoms with Gasteiger partial charge in [0.25, 0.3) is 5.91 Å². The Hall–Kier alpha value is -2.32. The van der Waals surface area contributed by atoms with Gasteiger partial charge in [-0.05, 0) is 43.2 Å². The highest BCUT2D eigenvalue weighted by atomic mass is 35.5. The van der Waals surface area contributed by atoms with Crippen LogP contribution in [-0.4, -0.2) is 30.1 Å². The van der Waals surface area contributed by atoms with E-state index in [-0.39, 0.29) is 22.4 Å². The molecule has 0 radical (unpaired) electrons. The Morgan fingerprint density at radius 1 is 1.30 bits per heavy atom. The average molecular weight is 400 g/mol. The Labute approximate surface area is 158 Å². The molecule has 0 spiro atoms. The predicted octanol–water partition coefficient (Wildman–Crippen LogP) is 4.60. The van der Waals surface area contributed by atoms with Gasteiger partial charge in [-0.1, -0.05) is 11.6 Å². The number of halogens is 4. The third-order valence-electron chi connectivity index (χ3n) is 4.10. The summed E-state index contributed by atoms with van der Waals surface area (Å²) in [5.74, 6) is -0.134. The number of rotatable bonds is 5. The molecule has 9 heteroatoms. The minimum absolute atomic E-state index is 0.0661. The summed E-state index contributed by atoms with van der Waals surface area (Å²) in [5.41, 5.74) is -1.23. The quantitative estimate of drug-likeness (QED) is 0.771. The lowest BCUT2D eigenvalue weighted by atomic mass is 10.1. The van der Waals surface area contributed by atoms with Crippen molar-refractivity contribution in [2.45, 2.75) is 25.1 Å². The fourth-order valence-electron chi connectivity index (χ4n) is 2.71. The lowest BCUT2D eigenvalue weighted by molar-refractivity contribution is -0.136. The number of hydrogen-bond acceptors (Lipinski definition) is 4. The van der Waals surface area contributed by atoms with Crippen LogP contribution in [0.2, 0.25) is 5.02 Å². The molecule has 2 N–H and O–H groups in total. The Morgan fingerprint density at radius 2 is 2.11 bits per heavy atom. The van der Waals surface area contributed by atoms with Crippen LogP contribution in [0.15, 0.2) is 36.5 Å². The van der Waals surface area contributed by atoms with E-state index in [9.17, 15) is 18.0 Å². The topological polar surface area (TPSA) is 63.2 Å². The van der Waals surface area contributed by atoms with E-state index < -0.39 is 17.6 Å². The molecule has 27 heavy (non-hydrogen) atoms. The molecule has 3 rings (SSSR count). The number of carbonyl (C=O) groups excluding carboxylic acids is 1. The van der Waals surface area contributed by atoms with Crippen molar-refractivity contribution in [2.24, 2.45) is 0 Å². The largest absolute Gasteiger partial charge is 0.418 e. The van der Waals surface area contributed by atoms with E-state index in [2.05, 4.69) is 15.6 Å². The number of benzene rings is 1. The van der Waals surface area contributed by atoms with Gasteiger partial charge in [0.1, 0.15) is 5.82 Å². The molecular formula is C18H17ClF3N3O2. The average Bonchev–Trinajstić information content (AvgIpc) is 3.14. The van der Waals surface area contributed by atoms with Gasteiger partial charge in [0.05, 0.1) is 22.9 Å². The molecule has 2 heterocycles. The summed E-state index contributed by atoms with van der Waals surface area (Å²) in [6, 6.07) is 6.25. The normalized spacial score (nSPS) is 17.0. The van der Waals surface area contributed by atoms with Crippen LogP contribution in [0.4, 0.5) is 24.7 Å². The van der Waals surface area contributed by atoms with Crippen LogP contribution >= 0.6 is 11.6 Å². The lowest BCUT2D eigenvalue weighted by Crippen LogP contribution is -2.19. The molecule has 1 aromatic heterocycles. The van der Waals surface area contributed by atoms with Crippen molar-refractivity contribution >= 4 is 29.0 Å². The van der Waals surface area contributed by atoms with Gasteiger partial charge in [0, 0.05) is 24.4 Å². The van der Waals surface area contributed by atoms with E-state index >= 15 is 0 Å². The second-order valence-electron chi connectivity index (χ2n) is 6.09. The maximum absolute atomic E-state index is 13.1. The van der Waals surface area contributed by atoms with E-state index in [0.717, 1.165) is 31.6 Å². The molecule has 1 aliphatic heterocycles. The van der Waals surface area contributed by atoms with Gasteiger partial charge in [-0.15, -0.1) is 0 Å². The molecule has 1 aliphatic rings. The van der Waals surface area contributed by atoms with E-state index in [4.69, 9.17) is 16.3 Å². The van der Waals surface area contributed by atoms with Crippen LogP contribution in [0.1, 0.15) is 28.8 Å². The van der Waals surface area contributed by atoms with Gasteiger partial charge < -0.3 is 15.4 Å². The Morgan fingerprint density at radius 3 is 2.74 bits per heavy atom. The zero-order valence-corrected chi connectivity index (χ0v) is 14.9. The number of nitrogens with zero attached hydrogens (tertiary/aromatic N) is 1. The number of anilines is 2. The highest BCUT2D eigenvalue weighted by Gasteiger charge is 2.34. The number of ether oxygens (including phenoxy) is 1. The number of amides is 1. The van der Waals surface area contributed by atoms with Gasteiger partial charge in [0.2, 0.25) is 0 Å². The lowest BCUT2D eigenvalue weighted by Gasteiger charge is -2.14. The summed E-state index contributed by atoms with van der Waals surface area (Å²) in [7, 11) is 0. The van der Waals surface area contributed by atoms with Crippen molar-refractivity contribution in [1.29, 1.82) is 0 Å². The van der Waals surface area contributed by atoms with Crippen molar-refractivity contribution in [2.75, 3.05) is 23.8 Å². The van der Waals surface area contributed by atoms with Crippen LogP contribution in [0.5, 0.6) is 0 Å². The van der Waals surface area contributed by atoms with Gasteiger partial charge in [-0.3, -0.25) is 4.79 Å². The predicted molar refractivity (Wildman–Crippen MR) is 96.1 cm³/mol. The Balaban J connectivity index is 1.66. The molecular weight excluding hydrogens is 383 g/mol. The fraction of sp³-hybridized carbons (Fsp3) is 0.333. The van der Waals surface area contributed by atoms with Crippen LogP contribution in [0, 0.1) is 0 Å². The van der Waals surface area contributed by atoms with E-state index in [0.29, 0.717) is 12.4 Å². The first-order chi connectivity index (χ1) is 12.8. The maximum atomic E-state index is 13.1. The zero-order chi connectivity index (χ0) is 19.4. The Bertz CT molecular complexity index is 806. The smallest absolute Gasteiger partial charge is 0.376 e. The molecule has 0 aliphatic carbocycles. The van der Waals surface area contributed by atoms with Crippen molar-refractivity contribution in [3.05, 3.63) is 52.7 Å². The number of carbonyl (C=O) groups is 1. The van der Waals surface area contributed by atoms with Crippen molar-refractivity contribution in [3.63, 3.8) is 0 Å². The molecule has 0 bridgehead atoms. The standard InChI is InChI=1S/C18H17ClF3N3O2/c19-12-4-5-15(14(8-12)18(20,21)22)25-17(26)11-3-6-16(23-9-11)24-10-13-2-1-7-27-13/h3-6,8-9,13H,1-2,7,10H2,(H,23,24)(H,25,26). The first kappa shape index (κ1) is 19.4. The minimum Gasteiger partial charge on any atom is -0.376 e. The van der Waals surface area contributed by atoms with E-state index in [1.807, 2.05) is 0 Å². The van der Waals surface area contributed by atoms with Crippen LogP contribution in [-0.2, 0) is 10.9 Å². The molecule has 1 amide bonds. The highest BCUT2D eigenvalue weighted by Crippen LogP contribution is 2.36. The number of hydrogen-bond donors (Lipinski definition) is 2. The van der Waals surface area contributed by atoms with E-state index in [1.54, 1.807) is 6.07 Å². The van der Waals surface area contributed by atoms with Crippen LogP contribution < -0.4 is 10.6 Å². The zero-order valence-electron chi connectivity index (χ0n) is 14.1. The molecule has 1 saturated heterocycles. The second-order valence-corrected chi connectivity index (χ2v) is 6.53. The van der Waals surface area contributed by atoms with Gasteiger partial charge >= 0.3 is 6.18 Å². The molecule has 1 fully saturated rings. The summed E-state index contributed by atoms with van der Waals surface area (Å²) in [6.07, 6.45) is -1.18. The summed E-state index contributed by atoms with van der Waals surface area (Å²) in [5, 5.41) is 5.30. The van der Waals surface area contributed by atoms with E-state index in [1.165, 1.54) is 18.3 Å². The summed E-state index contributed by atoms with van der Waals surface area (Å²) >= 11 is 5.63. The van der Waals surface area contributed by atoms with Crippen molar-refractivity contribution in [1.82, 2.24) is 4.98 Å². The number of aromatic nitrogens is 1. The van der Waals surface area contributed by atoms with Crippen LogP contribution in [0.3, 0.4) is 0 Å². The van der Waals surface area contributed by atoms with Crippen molar-refractivity contribution in [3.8, 4) is 0 Å². The number of pyridine rings is 1. The van der Waals surface area contributed by atoms with Gasteiger partial charge in [-0.2, -0.15) is 13.2 Å². The monoisotopic (exact) mass is 399 g/mol. The maximum Gasteiger partial charge on any atom is 0.418 e. The number of alkyl halides is 3. The first-order valence-electron chi connectivity index (χ1n) is 8.32. The van der Waals surface area contributed by atoms with Crippen molar-refractivity contribution < 1.29 is 22.7 Å². The third kappa shape index (κ3) is 5.11. The number of nitrogens with one attached hydrogen (secondary N) is 2. The fourth-order valence-corrected chi connectivity index (χ4v) is 2.88. The molecule has 1 unspecified atom stereocenters. The molecule has 1 atom stereocenters. The third-order valence-corrected chi connectivity index (χ3v) is 4.33. The van der Waals surface area contributed by atoms with Gasteiger partial charge in [-0.25, -0.2) is 4.98 Å². The Kier molecular flexibility index (Phi) is 5.86. The summed E-state index contributed by atoms with van der Waals surface area (Å²) in [6.45, 7) is 1.36. The SMILES string of the molecule is O=C(Nc1ccc(Cl)cc1C(F)(F)F)c1ccc(NCC2CCCO2)nc1. The molecule has 2 aromatic rings. The molecule has 0 saturated carbocycles. The second kappa shape index (κ2) is 8.14. The molecule has 1 aromatic carbocycles. The summed E-state index contributed by atoms with van der Waals surface area (Å²) < 4.78 is 44.8. The summed E-state index contributed by atoms with van der Waals surface area (Å²) in [4.78, 5) is 16.4. The van der Waals surface area contributed by atoms with Gasteiger partial charge in [0.15, 0.2) is 0 Å². The molecule has 5 nitrogen and oxygen atoms in total. The molecule has 144 valence electrons.